The van der Waals surface area contributed by atoms with Gasteiger partial charge in [-0.1, -0.05) is 40.9 Å². The van der Waals surface area contributed by atoms with E-state index in [0.717, 1.165) is 10.9 Å². The number of nitrogens with zero attached hydrogens (tertiary/aromatic N) is 1. The van der Waals surface area contributed by atoms with Gasteiger partial charge in [0.1, 0.15) is 17.9 Å². The molecule has 7 nitrogen and oxygen atoms in total. The summed E-state index contributed by atoms with van der Waals surface area (Å²) < 4.78 is 22.7. The summed E-state index contributed by atoms with van der Waals surface area (Å²) in [6.07, 6.45) is 1.45. The summed E-state index contributed by atoms with van der Waals surface area (Å²) in [4.78, 5) is 12.5. The Morgan fingerprint density at radius 1 is 0.919 bits per heavy atom. The van der Waals surface area contributed by atoms with E-state index in [2.05, 4.69) is 10.5 Å². The van der Waals surface area contributed by atoms with Crippen molar-refractivity contribution in [3.05, 3.63) is 86.6 Å². The number of carbonyl (C=O) groups is 1. The normalized spacial score (nSPS) is 11.2. The molecule has 0 aliphatic carbocycles. The molecule has 0 fully saturated rings. The standard InChI is InChI=1S/C27H23Cl3N2O5/c1-3-34-19-6-8-23-18(12-19)13-25(37-23)27(33)32-31-14-17-10-22(30)26(24(11-17)35-4-2)36-15-16-5-7-20(28)21(29)9-16/h5-14H,3-4,15H2,1-2H3,(H,32,33). The number of fused-ring (bicyclic) bond motifs is 1. The Morgan fingerprint density at radius 3 is 2.49 bits per heavy atom. The van der Waals surface area contributed by atoms with Crippen molar-refractivity contribution in [1.29, 1.82) is 0 Å². The van der Waals surface area contributed by atoms with Crippen LogP contribution in [0.15, 0.2) is 64.1 Å². The lowest BCUT2D eigenvalue weighted by molar-refractivity contribution is 0.0929. The van der Waals surface area contributed by atoms with Crippen molar-refractivity contribution in [3.8, 4) is 17.2 Å². The van der Waals surface area contributed by atoms with E-state index in [0.29, 0.717) is 56.7 Å². The van der Waals surface area contributed by atoms with Gasteiger partial charge < -0.3 is 18.6 Å². The van der Waals surface area contributed by atoms with Gasteiger partial charge in [0, 0.05) is 5.39 Å². The zero-order valence-electron chi connectivity index (χ0n) is 20.0. The molecular formula is C27H23Cl3N2O5. The Kier molecular flexibility index (Phi) is 8.82. The van der Waals surface area contributed by atoms with Gasteiger partial charge in [0.05, 0.1) is 34.5 Å². The Balaban J connectivity index is 1.45. The lowest BCUT2D eigenvalue weighted by atomic mass is 10.2. The minimum atomic E-state index is -0.497. The predicted molar refractivity (Wildman–Crippen MR) is 146 cm³/mol. The van der Waals surface area contributed by atoms with Crippen molar-refractivity contribution in [3.63, 3.8) is 0 Å². The molecule has 1 heterocycles. The summed E-state index contributed by atoms with van der Waals surface area (Å²) in [6.45, 7) is 4.91. The van der Waals surface area contributed by atoms with E-state index in [1.807, 2.05) is 26.0 Å². The summed E-state index contributed by atoms with van der Waals surface area (Å²) in [5, 5.41) is 6.00. The second kappa shape index (κ2) is 12.2. The molecule has 0 aliphatic rings. The van der Waals surface area contributed by atoms with Gasteiger partial charge in [-0.15, -0.1) is 0 Å². The van der Waals surface area contributed by atoms with Gasteiger partial charge >= 0.3 is 5.91 Å². The molecule has 3 aromatic carbocycles. The molecule has 10 heteroatoms. The summed E-state index contributed by atoms with van der Waals surface area (Å²) >= 11 is 18.5. The van der Waals surface area contributed by atoms with E-state index in [9.17, 15) is 4.79 Å². The number of nitrogens with one attached hydrogen (secondary N) is 1. The second-order valence-electron chi connectivity index (χ2n) is 7.74. The van der Waals surface area contributed by atoms with Crippen molar-refractivity contribution in [1.82, 2.24) is 5.43 Å². The largest absolute Gasteiger partial charge is 0.494 e. The Hall–Kier alpha value is -3.39. The molecule has 192 valence electrons. The molecule has 0 radical (unpaired) electrons. The first-order valence-corrected chi connectivity index (χ1v) is 12.5. The molecule has 1 aromatic heterocycles. The number of halogens is 3. The van der Waals surface area contributed by atoms with Crippen LogP contribution in [0.2, 0.25) is 15.1 Å². The number of hydrogen-bond acceptors (Lipinski definition) is 6. The van der Waals surface area contributed by atoms with Crippen LogP contribution in [0, 0.1) is 0 Å². The van der Waals surface area contributed by atoms with Gasteiger partial charge in [0.25, 0.3) is 0 Å². The molecule has 37 heavy (non-hydrogen) atoms. The number of benzene rings is 3. The first kappa shape index (κ1) is 26.7. The number of hydrazone groups is 1. The van der Waals surface area contributed by atoms with Gasteiger partial charge in [-0.05, 0) is 73.5 Å². The Labute approximate surface area is 228 Å². The molecule has 0 unspecified atom stereocenters. The summed E-state index contributed by atoms with van der Waals surface area (Å²) in [5.74, 6) is 1.14. The smallest absolute Gasteiger partial charge is 0.307 e. The average Bonchev–Trinajstić information content (AvgIpc) is 3.30. The fourth-order valence-electron chi connectivity index (χ4n) is 3.46. The molecule has 0 atom stereocenters. The molecule has 0 spiro atoms. The number of amides is 1. The van der Waals surface area contributed by atoms with Crippen LogP contribution in [0.4, 0.5) is 0 Å². The Morgan fingerprint density at radius 2 is 1.73 bits per heavy atom. The van der Waals surface area contributed by atoms with Crippen molar-refractivity contribution in [2.75, 3.05) is 13.2 Å². The van der Waals surface area contributed by atoms with Crippen LogP contribution in [0.3, 0.4) is 0 Å². The van der Waals surface area contributed by atoms with Gasteiger partial charge in [0.2, 0.25) is 0 Å². The highest BCUT2D eigenvalue weighted by Crippen LogP contribution is 2.37. The number of hydrogen-bond donors (Lipinski definition) is 1. The van der Waals surface area contributed by atoms with Crippen molar-refractivity contribution in [2.45, 2.75) is 20.5 Å². The minimum absolute atomic E-state index is 0.125. The molecule has 1 amide bonds. The SMILES string of the molecule is CCOc1ccc2oc(C(=O)NN=Cc3cc(Cl)c(OCc4ccc(Cl)c(Cl)c4)c(OCC)c3)cc2c1. The fourth-order valence-corrected chi connectivity index (χ4v) is 4.06. The van der Waals surface area contributed by atoms with Gasteiger partial charge in [0.15, 0.2) is 17.3 Å². The number of furan rings is 1. The molecule has 0 bridgehead atoms. The van der Waals surface area contributed by atoms with Crippen LogP contribution < -0.4 is 19.6 Å². The van der Waals surface area contributed by atoms with Crippen molar-refractivity contribution in [2.24, 2.45) is 5.10 Å². The van der Waals surface area contributed by atoms with Crippen LogP contribution in [-0.4, -0.2) is 25.3 Å². The zero-order chi connectivity index (χ0) is 26.4. The van der Waals surface area contributed by atoms with Crippen molar-refractivity contribution < 1.29 is 23.4 Å². The molecule has 4 rings (SSSR count). The summed E-state index contributed by atoms with van der Waals surface area (Å²) in [5.41, 5.74) is 4.45. The second-order valence-corrected chi connectivity index (χ2v) is 8.96. The maximum atomic E-state index is 12.5. The third-order valence-corrected chi connectivity index (χ3v) is 6.12. The summed E-state index contributed by atoms with van der Waals surface area (Å²) in [7, 11) is 0. The highest BCUT2D eigenvalue weighted by Gasteiger charge is 2.14. The lowest BCUT2D eigenvalue weighted by Gasteiger charge is -2.14. The monoisotopic (exact) mass is 560 g/mol. The molecule has 1 N–H and O–H groups in total. The van der Waals surface area contributed by atoms with Gasteiger partial charge in [-0.3, -0.25) is 4.79 Å². The number of ether oxygens (including phenoxy) is 3. The lowest BCUT2D eigenvalue weighted by Crippen LogP contribution is -2.16. The van der Waals surface area contributed by atoms with E-state index in [1.54, 1.807) is 42.5 Å². The van der Waals surface area contributed by atoms with E-state index in [1.165, 1.54) is 6.21 Å². The van der Waals surface area contributed by atoms with Crippen molar-refractivity contribution >= 4 is 57.9 Å². The number of rotatable bonds is 10. The van der Waals surface area contributed by atoms with Crippen LogP contribution in [-0.2, 0) is 6.61 Å². The highest BCUT2D eigenvalue weighted by molar-refractivity contribution is 6.42. The molecule has 0 saturated carbocycles. The minimum Gasteiger partial charge on any atom is -0.494 e. The maximum absolute atomic E-state index is 12.5. The molecule has 4 aromatic rings. The van der Waals surface area contributed by atoms with E-state index in [4.69, 9.17) is 53.4 Å². The first-order chi connectivity index (χ1) is 17.9. The van der Waals surface area contributed by atoms with E-state index in [-0.39, 0.29) is 12.4 Å². The predicted octanol–water partition coefficient (Wildman–Crippen LogP) is 7.53. The van der Waals surface area contributed by atoms with Gasteiger partial charge in [-0.2, -0.15) is 5.10 Å². The topological polar surface area (TPSA) is 82.3 Å². The van der Waals surface area contributed by atoms with E-state index >= 15 is 0 Å². The first-order valence-electron chi connectivity index (χ1n) is 11.4. The molecule has 0 aliphatic heterocycles. The number of carbonyl (C=O) groups excluding carboxylic acids is 1. The maximum Gasteiger partial charge on any atom is 0.307 e. The zero-order valence-corrected chi connectivity index (χ0v) is 22.3. The van der Waals surface area contributed by atoms with Crippen LogP contribution in [0.1, 0.15) is 35.5 Å². The van der Waals surface area contributed by atoms with Crippen LogP contribution >= 0.6 is 34.8 Å². The highest BCUT2D eigenvalue weighted by atomic mass is 35.5. The quantitative estimate of drug-likeness (QED) is 0.160. The molecule has 0 saturated heterocycles. The average molecular weight is 562 g/mol. The summed E-state index contributed by atoms with van der Waals surface area (Å²) in [6, 6.07) is 15.6. The molecular weight excluding hydrogens is 539 g/mol. The third kappa shape index (κ3) is 6.68. The van der Waals surface area contributed by atoms with E-state index < -0.39 is 5.91 Å². The van der Waals surface area contributed by atoms with Crippen LogP contribution in [0.25, 0.3) is 11.0 Å². The Bertz CT molecular complexity index is 1450. The third-order valence-electron chi connectivity index (χ3n) is 5.10. The fraction of sp³-hybridized carbons (Fsp3) is 0.185. The van der Waals surface area contributed by atoms with Gasteiger partial charge in [-0.25, -0.2) is 5.43 Å². The van der Waals surface area contributed by atoms with Crippen LogP contribution in [0.5, 0.6) is 17.2 Å².